The molecule has 1 aromatic rings. The first-order valence-electron chi connectivity index (χ1n) is 4.37. The summed E-state index contributed by atoms with van der Waals surface area (Å²) in [7, 11) is 1.90. The third kappa shape index (κ3) is 1.43. The molecule has 0 bridgehead atoms. The van der Waals surface area contributed by atoms with Crippen LogP contribution in [-0.4, -0.2) is 14.8 Å². The molecular formula is C8H13N3S. The first-order valence-corrected chi connectivity index (χ1v) is 4.78. The summed E-state index contributed by atoms with van der Waals surface area (Å²) in [5.41, 5.74) is 0. The summed E-state index contributed by atoms with van der Waals surface area (Å²) in [5.74, 6) is 1.90. The number of aromatic nitrogens is 3. The van der Waals surface area contributed by atoms with Crippen LogP contribution >= 0.6 is 12.2 Å². The van der Waals surface area contributed by atoms with Crippen molar-refractivity contribution < 1.29 is 0 Å². The standard InChI is InChI=1S/C8H13N3S/c1-11-8(12)9-7(10-11)5-6-3-2-4-6/h6H,2-5H2,1H3,(H,9,10,12). The third-order valence-electron chi connectivity index (χ3n) is 2.52. The van der Waals surface area contributed by atoms with Gasteiger partial charge in [-0.05, 0) is 18.1 Å². The van der Waals surface area contributed by atoms with E-state index in [-0.39, 0.29) is 0 Å². The van der Waals surface area contributed by atoms with E-state index >= 15 is 0 Å². The van der Waals surface area contributed by atoms with Gasteiger partial charge in [-0.3, -0.25) is 9.78 Å². The van der Waals surface area contributed by atoms with Gasteiger partial charge in [0.15, 0.2) is 0 Å². The Hall–Kier alpha value is -0.640. The highest BCUT2D eigenvalue weighted by Gasteiger charge is 2.18. The van der Waals surface area contributed by atoms with Crippen molar-refractivity contribution in [3.63, 3.8) is 0 Å². The Bertz CT molecular complexity index is 321. The minimum Gasteiger partial charge on any atom is -0.283 e. The summed E-state index contributed by atoms with van der Waals surface area (Å²) in [6, 6.07) is 0. The van der Waals surface area contributed by atoms with Gasteiger partial charge in [-0.25, -0.2) is 4.98 Å². The Morgan fingerprint density at radius 2 is 2.42 bits per heavy atom. The van der Waals surface area contributed by atoms with Crippen molar-refractivity contribution >= 4 is 12.2 Å². The summed E-state index contributed by atoms with van der Waals surface area (Å²) in [6.07, 6.45) is 5.18. The van der Waals surface area contributed by atoms with Gasteiger partial charge in [-0.2, -0.15) is 0 Å². The maximum atomic E-state index is 5.00. The Kier molecular flexibility index (Phi) is 2.00. The molecule has 1 aliphatic carbocycles. The highest BCUT2D eigenvalue weighted by atomic mass is 32.1. The number of hydrogen-bond acceptors (Lipinski definition) is 2. The lowest BCUT2D eigenvalue weighted by Gasteiger charge is -2.23. The van der Waals surface area contributed by atoms with Gasteiger partial charge < -0.3 is 0 Å². The van der Waals surface area contributed by atoms with Gasteiger partial charge in [0.25, 0.3) is 0 Å². The molecule has 3 nitrogen and oxygen atoms in total. The molecule has 66 valence electrons. The molecule has 1 aliphatic rings. The fourth-order valence-electron chi connectivity index (χ4n) is 1.52. The van der Waals surface area contributed by atoms with Gasteiger partial charge >= 0.3 is 0 Å². The molecule has 4 heteroatoms. The fraction of sp³-hybridized carbons (Fsp3) is 0.750. The second-order valence-corrected chi connectivity index (χ2v) is 3.88. The minimum absolute atomic E-state index is 0.657. The molecule has 0 atom stereocenters. The summed E-state index contributed by atoms with van der Waals surface area (Å²) in [4.78, 5) is 4.25. The molecule has 0 saturated heterocycles. The number of aryl methyl sites for hydroxylation is 1. The number of aromatic amines is 1. The molecule has 1 N–H and O–H groups in total. The van der Waals surface area contributed by atoms with Gasteiger partial charge in [-0.1, -0.05) is 19.3 Å². The molecule has 2 rings (SSSR count). The van der Waals surface area contributed by atoms with Gasteiger partial charge in [0, 0.05) is 13.5 Å². The molecule has 0 aromatic carbocycles. The summed E-state index contributed by atoms with van der Waals surface area (Å²) in [6.45, 7) is 0. The molecule has 1 heterocycles. The minimum atomic E-state index is 0.657. The molecule has 0 aliphatic heterocycles. The first kappa shape index (κ1) is 7.98. The van der Waals surface area contributed by atoms with E-state index in [1.807, 2.05) is 7.05 Å². The summed E-state index contributed by atoms with van der Waals surface area (Å²) in [5, 5.41) is 3.14. The van der Waals surface area contributed by atoms with Crippen LogP contribution in [0.15, 0.2) is 0 Å². The van der Waals surface area contributed by atoms with Gasteiger partial charge in [0.1, 0.15) is 5.82 Å². The Balaban J connectivity index is 2.07. The van der Waals surface area contributed by atoms with E-state index in [0.29, 0.717) is 4.77 Å². The number of rotatable bonds is 2. The van der Waals surface area contributed by atoms with Crippen LogP contribution in [0.2, 0.25) is 0 Å². The van der Waals surface area contributed by atoms with Crippen molar-refractivity contribution in [1.82, 2.24) is 14.8 Å². The first-order chi connectivity index (χ1) is 5.75. The van der Waals surface area contributed by atoms with Crippen molar-refractivity contribution in [2.45, 2.75) is 25.7 Å². The maximum absolute atomic E-state index is 5.00. The van der Waals surface area contributed by atoms with Crippen molar-refractivity contribution in [3.05, 3.63) is 10.6 Å². The van der Waals surface area contributed by atoms with Crippen LogP contribution in [0, 0.1) is 10.7 Å². The molecule has 1 fully saturated rings. The predicted octanol–water partition coefficient (Wildman–Crippen LogP) is 1.82. The van der Waals surface area contributed by atoms with Gasteiger partial charge in [-0.15, -0.1) is 0 Å². The zero-order valence-corrected chi connectivity index (χ0v) is 8.02. The monoisotopic (exact) mass is 183 g/mol. The van der Waals surface area contributed by atoms with E-state index in [4.69, 9.17) is 12.2 Å². The number of H-pyrrole nitrogens is 1. The maximum Gasteiger partial charge on any atom is 0.215 e. The van der Waals surface area contributed by atoms with Crippen LogP contribution in [0.5, 0.6) is 0 Å². The Labute approximate surface area is 76.8 Å². The van der Waals surface area contributed by atoms with Crippen LogP contribution in [-0.2, 0) is 13.5 Å². The highest BCUT2D eigenvalue weighted by Crippen LogP contribution is 2.28. The fourth-order valence-corrected chi connectivity index (χ4v) is 1.67. The van der Waals surface area contributed by atoms with Crippen molar-refractivity contribution in [2.24, 2.45) is 13.0 Å². The van der Waals surface area contributed by atoms with E-state index in [1.165, 1.54) is 19.3 Å². The van der Waals surface area contributed by atoms with Gasteiger partial charge in [0.05, 0.1) is 0 Å². The number of nitrogens with zero attached hydrogens (tertiary/aromatic N) is 2. The SMILES string of the molecule is Cn1[nH]c(CC2CCC2)nc1=S. The smallest absolute Gasteiger partial charge is 0.215 e. The van der Waals surface area contributed by atoms with E-state index < -0.39 is 0 Å². The largest absolute Gasteiger partial charge is 0.283 e. The number of hydrogen-bond donors (Lipinski definition) is 1. The van der Waals surface area contributed by atoms with Crippen LogP contribution in [0.25, 0.3) is 0 Å². The van der Waals surface area contributed by atoms with E-state index in [1.54, 1.807) is 4.68 Å². The van der Waals surface area contributed by atoms with E-state index in [9.17, 15) is 0 Å². The van der Waals surface area contributed by atoms with Crippen molar-refractivity contribution in [2.75, 3.05) is 0 Å². The van der Waals surface area contributed by atoms with Crippen LogP contribution in [0.3, 0.4) is 0 Å². The topological polar surface area (TPSA) is 33.6 Å². The molecule has 0 unspecified atom stereocenters. The Morgan fingerprint density at radius 3 is 2.83 bits per heavy atom. The molecule has 1 aromatic heterocycles. The average Bonchev–Trinajstić information content (AvgIpc) is 2.24. The Morgan fingerprint density at radius 1 is 1.67 bits per heavy atom. The third-order valence-corrected chi connectivity index (χ3v) is 2.89. The summed E-state index contributed by atoms with van der Waals surface area (Å²) < 4.78 is 2.45. The quantitative estimate of drug-likeness (QED) is 0.710. The normalized spacial score (nSPS) is 17.8. The molecular weight excluding hydrogens is 170 g/mol. The molecule has 0 spiro atoms. The zero-order chi connectivity index (χ0) is 8.55. The average molecular weight is 183 g/mol. The summed E-state index contributed by atoms with van der Waals surface area (Å²) >= 11 is 5.00. The zero-order valence-electron chi connectivity index (χ0n) is 7.21. The van der Waals surface area contributed by atoms with Crippen molar-refractivity contribution in [1.29, 1.82) is 0 Å². The van der Waals surface area contributed by atoms with Gasteiger partial charge in [0.2, 0.25) is 4.77 Å². The van der Waals surface area contributed by atoms with E-state index in [0.717, 1.165) is 18.2 Å². The van der Waals surface area contributed by atoms with Crippen molar-refractivity contribution in [3.8, 4) is 0 Å². The molecule has 12 heavy (non-hydrogen) atoms. The predicted molar refractivity (Wildman–Crippen MR) is 49.4 cm³/mol. The van der Waals surface area contributed by atoms with Crippen LogP contribution < -0.4 is 0 Å². The lowest BCUT2D eigenvalue weighted by atomic mass is 9.83. The van der Waals surface area contributed by atoms with E-state index in [2.05, 4.69) is 10.1 Å². The molecule has 1 saturated carbocycles. The molecule has 0 radical (unpaired) electrons. The van der Waals surface area contributed by atoms with Crippen LogP contribution in [0.4, 0.5) is 0 Å². The second kappa shape index (κ2) is 3.01. The highest BCUT2D eigenvalue weighted by molar-refractivity contribution is 7.71. The lowest BCUT2D eigenvalue weighted by Crippen LogP contribution is -2.14. The second-order valence-electron chi connectivity index (χ2n) is 3.51. The lowest BCUT2D eigenvalue weighted by molar-refractivity contribution is 0.309. The van der Waals surface area contributed by atoms with Crippen LogP contribution in [0.1, 0.15) is 25.1 Å². The molecule has 0 amide bonds. The number of nitrogens with one attached hydrogen (secondary N) is 1.